The molecule has 10 heteroatoms. The van der Waals surface area contributed by atoms with E-state index in [1.165, 1.54) is 19.1 Å². The van der Waals surface area contributed by atoms with E-state index in [4.69, 9.17) is 10.3 Å². The van der Waals surface area contributed by atoms with Gasteiger partial charge in [0.1, 0.15) is 4.90 Å². The first-order chi connectivity index (χ1) is 9.97. The molecule has 0 heterocycles. The van der Waals surface area contributed by atoms with E-state index in [1.807, 2.05) is 0 Å². The average Bonchev–Trinajstić information content (AvgIpc) is 2.39. The van der Waals surface area contributed by atoms with Crippen LogP contribution in [0.15, 0.2) is 35.1 Å². The first-order valence-electron chi connectivity index (χ1n) is 6.00. The standard InChI is InChI=1S/C12H16N2O6S2/c1-3-21(16,17)8(2)6-12(15)14-9-4-5-10(13)11(7-9)22(18,19)20/h3-5,7-8H,1,6,13H2,2H3,(H,14,15)(H,18,19,20). The van der Waals surface area contributed by atoms with Crippen molar-refractivity contribution in [2.45, 2.75) is 23.5 Å². The van der Waals surface area contributed by atoms with Crippen molar-refractivity contribution < 1.29 is 26.2 Å². The van der Waals surface area contributed by atoms with Gasteiger partial charge in [-0.3, -0.25) is 9.35 Å². The molecule has 0 fully saturated rings. The van der Waals surface area contributed by atoms with Crippen molar-refractivity contribution in [2.75, 3.05) is 11.1 Å². The number of hydrogen-bond donors (Lipinski definition) is 3. The monoisotopic (exact) mass is 348 g/mol. The first-order valence-corrected chi connectivity index (χ1v) is 9.05. The van der Waals surface area contributed by atoms with Crippen LogP contribution in [-0.2, 0) is 24.7 Å². The molecule has 0 bridgehead atoms. The summed E-state index contributed by atoms with van der Waals surface area (Å²) in [7, 11) is -8.10. The van der Waals surface area contributed by atoms with Gasteiger partial charge in [-0.15, -0.1) is 0 Å². The van der Waals surface area contributed by atoms with Crippen LogP contribution in [0.1, 0.15) is 13.3 Å². The number of nitrogens with one attached hydrogen (secondary N) is 1. The van der Waals surface area contributed by atoms with Crippen LogP contribution in [0.5, 0.6) is 0 Å². The maximum atomic E-state index is 11.8. The number of nitrogens with two attached hydrogens (primary N) is 1. The summed E-state index contributed by atoms with van der Waals surface area (Å²) in [5.41, 5.74) is 5.31. The molecular formula is C12H16N2O6S2. The molecule has 1 aromatic rings. The normalized spacial score (nSPS) is 13.4. The quantitative estimate of drug-likeness (QED) is 0.509. The van der Waals surface area contributed by atoms with Crippen molar-refractivity contribution in [3.63, 3.8) is 0 Å². The molecule has 8 nitrogen and oxygen atoms in total. The second-order valence-electron chi connectivity index (χ2n) is 4.55. The second-order valence-corrected chi connectivity index (χ2v) is 8.25. The fraction of sp³-hybridized carbons (Fsp3) is 0.250. The van der Waals surface area contributed by atoms with Crippen LogP contribution in [0, 0.1) is 0 Å². The fourth-order valence-corrected chi connectivity index (χ4v) is 2.94. The number of hydrogen-bond acceptors (Lipinski definition) is 6. The summed E-state index contributed by atoms with van der Waals surface area (Å²) in [6.07, 6.45) is -0.333. The molecule has 0 aliphatic carbocycles. The van der Waals surface area contributed by atoms with Gasteiger partial charge in [-0.25, -0.2) is 8.42 Å². The summed E-state index contributed by atoms with van der Waals surface area (Å²) in [6, 6.07) is 3.51. The van der Waals surface area contributed by atoms with Crippen molar-refractivity contribution >= 4 is 37.2 Å². The summed E-state index contributed by atoms with van der Waals surface area (Å²) in [5, 5.41) is 2.14. The minimum atomic E-state index is -4.53. The van der Waals surface area contributed by atoms with Crippen LogP contribution < -0.4 is 11.1 Å². The highest BCUT2D eigenvalue weighted by Crippen LogP contribution is 2.22. The predicted molar refractivity (Wildman–Crippen MR) is 82.5 cm³/mol. The van der Waals surface area contributed by atoms with Crippen molar-refractivity contribution in [1.82, 2.24) is 0 Å². The molecule has 1 aromatic carbocycles. The minimum Gasteiger partial charge on any atom is -0.398 e. The number of nitrogen functional groups attached to an aromatic ring is 1. The number of amides is 1. The summed E-state index contributed by atoms with van der Waals surface area (Å²) in [5.74, 6) is -0.635. The average molecular weight is 348 g/mol. The number of sulfone groups is 1. The molecule has 0 saturated heterocycles. The second kappa shape index (κ2) is 6.46. The Hall–Kier alpha value is -1.91. The van der Waals surface area contributed by atoms with Crippen LogP contribution in [0.4, 0.5) is 11.4 Å². The van der Waals surface area contributed by atoms with Gasteiger partial charge < -0.3 is 11.1 Å². The van der Waals surface area contributed by atoms with Gasteiger partial charge >= 0.3 is 0 Å². The van der Waals surface area contributed by atoms with Crippen LogP contribution in [-0.4, -0.2) is 32.5 Å². The highest BCUT2D eigenvalue weighted by atomic mass is 32.2. The molecule has 1 atom stereocenters. The number of anilines is 2. The SMILES string of the molecule is C=CS(=O)(=O)C(C)CC(=O)Nc1ccc(N)c(S(=O)(=O)O)c1. The lowest BCUT2D eigenvalue weighted by molar-refractivity contribution is -0.116. The van der Waals surface area contributed by atoms with E-state index in [0.29, 0.717) is 0 Å². The Labute approximate surface area is 128 Å². The van der Waals surface area contributed by atoms with Gasteiger partial charge in [0.25, 0.3) is 10.1 Å². The van der Waals surface area contributed by atoms with Gasteiger partial charge in [-0.2, -0.15) is 8.42 Å². The van der Waals surface area contributed by atoms with E-state index in [-0.39, 0.29) is 17.8 Å². The summed E-state index contributed by atoms with van der Waals surface area (Å²) in [6.45, 7) is 4.52. The van der Waals surface area contributed by atoms with Gasteiger partial charge in [-0.05, 0) is 25.1 Å². The Morgan fingerprint density at radius 3 is 2.50 bits per heavy atom. The maximum absolute atomic E-state index is 11.8. The number of benzene rings is 1. The number of carbonyl (C=O) groups excluding carboxylic acids is 1. The van der Waals surface area contributed by atoms with Crippen molar-refractivity contribution in [1.29, 1.82) is 0 Å². The Morgan fingerprint density at radius 2 is 2.00 bits per heavy atom. The molecule has 4 N–H and O–H groups in total. The summed E-state index contributed by atoms with van der Waals surface area (Å²) >= 11 is 0. The van der Waals surface area contributed by atoms with Crippen LogP contribution in [0.25, 0.3) is 0 Å². The lowest BCUT2D eigenvalue weighted by Gasteiger charge is -2.11. The lowest BCUT2D eigenvalue weighted by atomic mass is 10.2. The third-order valence-corrected chi connectivity index (χ3v) is 5.50. The zero-order valence-electron chi connectivity index (χ0n) is 11.7. The van der Waals surface area contributed by atoms with Gasteiger partial charge in [0.2, 0.25) is 5.91 Å². The Morgan fingerprint density at radius 1 is 1.41 bits per heavy atom. The van der Waals surface area contributed by atoms with E-state index in [2.05, 4.69) is 11.9 Å². The zero-order valence-corrected chi connectivity index (χ0v) is 13.3. The van der Waals surface area contributed by atoms with Crippen LogP contribution in [0.2, 0.25) is 0 Å². The topological polar surface area (TPSA) is 144 Å². The number of rotatable bonds is 6. The fourth-order valence-electron chi connectivity index (χ4n) is 1.59. The third kappa shape index (κ3) is 4.55. The van der Waals surface area contributed by atoms with E-state index in [0.717, 1.165) is 11.5 Å². The molecule has 0 aliphatic heterocycles. The Kier molecular flexibility index (Phi) is 5.33. The molecule has 122 valence electrons. The predicted octanol–water partition coefficient (Wildman–Crippen LogP) is 0.791. The minimum absolute atomic E-state index is 0.0648. The largest absolute Gasteiger partial charge is 0.398 e. The maximum Gasteiger partial charge on any atom is 0.296 e. The smallest absolute Gasteiger partial charge is 0.296 e. The molecule has 0 spiro atoms. The van der Waals surface area contributed by atoms with E-state index >= 15 is 0 Å². The molecule has 0 aromatic heterocycles. The van der Waals surface area contributed by atoms with Gasteiger partial charge in [0, 0.05) is 17.5 Å². The van der Waals surface area contributed by atoms with Gasteiger partial charge in [0.05, 0.1) is 10.9 Å². The molecule has 1 rings (SSSR count). The molecule has 1 unspecified atom stereocenters. The van der Waals surface area contributed by atoms with Crippen molar-refractivity contribution in [3.8, 4) is 0 Å². The third-order valence-electron chi connectivity index (χ3n) is 2.84. The molecular weight excluding hydrogens is 332 g/mol. The molecule has 0 aliphatic rings. The zero-order chi connectivity index (χ0) is 17.1. The Balaban J connectivity index is 2.93. The Bertz CT molecular complexity index is 799. The van der Waals surface area contributed by atoms with Crippen molar-refractivity contribution in [2.24, 2.45) is 0 Å². The highest BCUT2D eigenvalue weighted by molar-refractivity contribution is 7.94. The van der Waals surface area contributed by atoms with Gasteiger partial charge in [-0.1, -0.05) is 6.58 Å². The van der Waals surface area contributed by atoms with E-state index in [9.17, 15) is 21.6 Å². The lowest BCUT2D eigenvalue weighted by Crippen LogP contribution is -2.23. The van der Waals surface area contributed by atoms with Crippen molar-refractivity contribution in [3.05, 3.63) is 30.2 Å². The van der Waals surface area contributed by atoms with E-state index < -0.39 is 36.0 Å². The highest BCUT2D eigenvalue weighted by Gasteiger charge is 2.21. The first kappa shape index (κ1) is 18.1. The number of carbonyl (C=O) groups is 1. The van der Waals surface area contributed by atoms with Crippen LogP contribution in [0.3, 0.4) is 0 Å². The van der Waals surface area contributed by atoms with Gasteiger partial charge in [0.15, 0.2) is 9.84 Å². The van der Waals surface area contributed by atoms with Crippen LogP contribution >= 0.6 is 0 Å². The molecule has 22 heavy (non-hydrogen) atoms. The van der Waals surface area contributed by atoms with E-state index in [1.54, 1.807) is 0 Å². The molecule has 1 amide bonds. The molecule has 0 saturated carbocycles. The summed E-state index contributed by atoms with van der Waals surface area (Å²) in [4.78, 5) is 11.2. The molecule has 0 radical (unpaired) electrons. The summed E-state index contributed by atoms with van der Waals surface area (Å²) < 4.78 is 54.2.